The Labute approximate surface area is 138 Å². The highest BCUT2D eigenvalue weighted by molar-refractivity contribution is 7.38. The molecule has 7 nitrogen and oxygen atoms in total. The third kappa shape index (κ3) is 17.2. The zero-order valence-corrected chi connectivity index (χ0v) is 15.0. The first-order chi connectivity index (χ1) is 11.1. The summed E-state index contributed by atoms with van der Waals surface area (Å²) in [5, 5.41) is 0. The van der Waals surface area contributed by atoms with Gasteiger partial charge in [-0.05, 0) is 43.1 Å². The molecule has 0 aliphatic carbocycles. The van der Waals surface area contributed by atoms with Gasteiger partial charge in [-0.25, -0.2) is 4.79 Å². The van der Waals surface area contributed by atoms with Gasteiger partial charge >= 0.3 is 20.0 Å². The molecule has 1 atom stereocenters. The van der Waals surface area contributed by atoms with E-state index in [1.807, 2.05) is 6.92 Å². The molecular weight excluding hydrogens is 323 g/mol. The summed E-state index contributed by atoms with van der Waals surface area (Å²) in [4.78, 5) is 31.9. The number of hydrogen-bond acceptors (Lipinski definition) is 7. The fraction of sp³-hybridized carbons (Fsp3) is 0.867. The van der Waals surface area contributed by atoms with Gasteiger partial charge in [0.1, 0.15) is 6.61 Å². The predicted octanol–water partition coefficient (Wildman–Crippen LogP) is 3.53. The van der Waals surface area contributed by atoms with Crippen molar-refractivity contribution in [3.05, 3.63) is 0 Å². The number of rotatable bonds is 15. The molecule has 0 amide bonds. The average Bonchev–Trinajstić information content (AvgIpc) is 2.50. The highest BCUT2D eigenvalue weighted by Crippen LogP contribution is 2.15. The van der Waals surface area contributed by atoms with Gasteiger partial charge in [-0.1, -0.05) is 6.92 Å². The Kier molecular flexibility index (Phi) is 15.1. The van der Waals surface area contributed by atoms with Crippen LogP contribution in [-0.2, 0) is 33.2 Å². The lowest BCUT2D eigenvalue weighted by Crippen LogP contribution is -2.07. The molecule has 0 bridgehead atoms. The van der Waals surface area contributed by atoms with E-state index in [4.69, 9.17) is 9.26 Å². The van der Waals surface area contributed by atoms with Crippen LogP contribution in [-0.4, -0.2) is 38.4 Å². The Hall–Kier alpha value is -1.04. The van der Waals surface area contributed by atoms with Crippen LogP contribution in [0.5, 0.6) is 0 Å². The predicted molar refractivity (Wildman–Crippen MR) is 85.1 cm³/mol. The maximum atomic E-state index is 11.4. The lowest BCUT2D eigenvalue weighted by atomic mass is 10.2. The van der Waals surface area contributed by atoms with E-state index in [1.54, 1.807) is 0 Å². The molecule has 0 aromatic carbocycles. The second-order valence-electron chi connectivity index (χ2n) is 5.04. The topological polar surface area (TPSA) is 88.1 Å². The molecule has 0 heterocycles. The number of ether oxygens (including phenoxy) is 1. The van der Waals surface area contributed by atoms with Crippen molar-refractivity contribution < 1.29 is 33.2 Å². The molecule has 0 aromatic rings. The van der Waals surface area contributed by atoms with Crippen molar-refractivity contribution in [3.63, 3.8) is 0 Å². The van der Waals surface area contributed by atoms with E-state index in [0.717, 1.165) is 12.8 Å². The van der Waals surface area contributed by atoms with Gasteiger partial charge in [0, 0.05) is 12.8 Å². The van der Waals surface area contributed by atoms with E-state index in [1.165, 1.54) is 6.66 Å². The average molecular weight is 351 g/mol. The third-order valence-electron chi connectivity index (χ3n) is 2.78. The lowest BCUT2D eigenvalue weighted by Gasteiger charge is -2.05. The van der Waals surface area contributed by atoms with Crippen LogP contribution >= 0.6 is 8.03 Å². The highest BCUT2D eigenvalue weighted by atomic mass is 31.1. The van der Waals surface area contributed by atoms with Crippen molar-refractivity contribution in [3.8, 4) is 0 Å². The normalized spacial score (nSPS) is 11.1. The standard InChI is InChI=1S/C15H28O7P/c1-3-11-20-22-15(17)10-5-4-7-12-19-14(16)9-6-8-13-21-23(2)18/h3-13H2,1-2H3/q+1. The molecule has 8 heteroatoms. The van der Waals surface area contributed by atoms with Crippen LogP contribution in [0.4, 0.5) is 0 Å². The summed E-state index contributed by atoms with van der Waals surface area (Å²) in [5.74, 6) is -0.607. The molecule has 0 fully saturated rings. The van der Waals surface area contributed by atoms with Crippen molar-refractivity contribution >= 4 is 20.0 Å². The number of unbranched alkanes of at least 4 members (excludes halogenated alkanes) is 3. The van der Waals surface area contributed by atoms with E-state index in [0.29, 0.717) is 58.3 Å². The van der Waals surface area contributed by atoms with E-state index < -0.39 is 8.03 Å². The molecule has 0 spiro atoms. The minimum absolute atomic E-state index is 0.238. The van der Waals surface area contributed by atoms with E-state index in [9.17, 15) is 14.2 Å². The molecule has 0 aliphatic rings. The zero-order valence-electron chi connectivity index (χ0n) is 14.1. The van der Waals surface area contributed by atoms with Gasteiger partial charge in [-0.2, -0.15) is 4.89 Å². The summed E-state index contributed by atoms with van der Waals surface area (Å²) in [7, 11) is -1.56. The minimum atomic E-state index is -1.56. The van der Waals surface area contributed by atoms with E-state index >= 15 is 0 Å². The molecule has 1 unspecified atom stereocenters. The van der Waals surface area contributed by atoms with Crippen LogP contribution in [0.1, 0.15) is 58.3 Å². The maximum absolute atomic E-state index is 11.4. The maximum Gasteiger partial charge on any atom is 0.504 e. The van der Waals surface area contributed by atoms with Gasteiger partial charge in [0.2, 0.25) is 0 Å². The summed E-state index contributed by atoms with van der Waals surface area (Å²) in [6, 6.07) is 0. The fourth-order valence-corrected chi connectivity index (χ4v) is 1.99. The SMILES string of the molecule is CCCOOC(=O)CCCCCOC(=O)CCCCO[P+](C)=O. The molecule has 0 rings (SSSR count). The number of carbonyl (C=O) groups excluding carboxylic acids is 2. The molecular formula is C15H28O7P+. The van der Waals surface area contributed by atoms with Crippen molar-refractivity contribution in [2.45, 2.75) is 58.3 Å². The fourth-order valence-electron chi connectivity index (χ4n) is 1.60. The molecule has 0 N–H and O–H groups in total. The largest absolute Gasteiger partial charge is 0.504 e. The first kappa shape index (κ1) is 22.0. The van der Waals surface area contributed by atoms with Crippen molar-refractivity contribution in [1.82, 2.24) is 0 Å². The smallest absolute Gasteiger partial charge is 0.466 e. The first-order valence-electron chi connectivity index (χ1n) is 8.08. The molecule has 23 heavy (non-hydrogen) atoms. The molecule has 0 aromatic heterocycles. The molecule has 134 valence electrons. The Bertz CT molecular complexity index is 347. The van der Waals surface area contributed by atoms with Crippen LogP contribution < -0.4 is 0 Å². The zero-order chi connectivity index (χ0) is 17.3. The summed E-state index contributed by atoms with van der Waals surface area (Å²) in [6.45, 7) is 4.59. The highest BCUT2D eigenvalue weighted by Gasteiger charge is 2.07. The third-order valence-corrected chi connectivity index (χ3v) is 3.32. The van der Waals surface area contributed by atoms with Gasteiger partial charge in [0.05, 0.1) is 13.2 Å². The van der Waals surface area contributed by atoms with Crippen molar-refractivity contribution in [1.29, 1.82) is 0 Å². The van der Waals surface area contributed by atoms with Crippen molar-refractivity contribution in [2.75, 3.05) is 26.5 Å². The van der Waals surface area contributed by atoms with Crippen LogP contribution in [0.25, 0.3) is 0 Å². The van der Waals surface area contributed by atoms with Crippen molar-refractivity contribution in [2.24, 2.45) is 0 Å². The van der Waals surface area contributed by atoms with Crippen LogP contribution in [0.3, 0.4) is 0 Å². The number of carbonyl (C=O) groups is 2. The van der Waals surface area contributed by atoms with Crippen LogP contribution in [0, 0.1) is 0 Å². The summed E-state index contributed by atoms with van der Waals surface area (Å²) in [6.07, 6.45) is 4.96. The van der Waals surface area contributed by atoms with Crippen LogP contribution in [0.15, 0.2) is 0 Å². The Balaban J connectivity index is 3.32. The Morgan fingerprint density at radius 2 is 1.52 bits per heavy atom. The molecule has 0 saturated carbocycles. The number of esters is 1. The molecule has 0 aliphatic heterocycles. The minimum Gasteiger partial charge on any atom is -0.466 e. The molecule has 0 radical (unpaired) electrons. The second-order valence-corrected chi connectivity index (χ2v) is 6.18. The van der Waals surface area contributed by atoms with E-state index in [-0.39, 0.29) is 11.9 Å². The monoisotopic (exact) mass is 351 g/mol. The summed E-state index contributed by atoms with van der Waals surface area (Å²) >= 11 is 0. The summed E-state index contributed by atoms with van der Waals surface area (Å²) < 4.78 is 20.7. The van der Waals surface area contributed by atoms with Gasteiger partial charge in [-0.3, -0.25) is 9.68 Å². The van der Waals surface area contributed by atoms with E-state index in [2.05, 4.69) is 9.78 Å². The van der Waals surface area contributed by atoms with Crippen LogP contribution in [0.2, 0.25) is 0 Å². The summed E-state index contributed by atoms with van der Waals surface area (Å²) in [5.41, 5.74) is 0. The van der Waals surface area contributed by atoms with Gasteiger partial charge in [0.25, 0.3) is 0 Å². The Morgan fingerprint density at radius 1 is 0.870 bits per heavy atom. The number of hydrogen-bond donors (Lipinski definition) is 0. The quantitative estimate of drug-likeness (QED) is 0.147. The van der Waals surface area contributed by atoms with Gasteiger partial charge in [-0.15, -0.1) is 4.52 Å². The second kappa shape index (κ2) is 15.8. The van der Waals surface area contributed by atoms with Gasteiger partial charge in [0.15, 0.2) is 6.66 Å². The van der Waals surface area contributed by atoms with Gasteiger partial charge < -0.3 is 4.74 Å². The first-order valence-corrected chi connectivity index (χ1v) is 9.70. The lowest BCUT2D eigenvalue weighted by molar-refractivity contribution is -0.272. The Morgan fingerprint density at radius 3 is 2.22 bits per heavy atom. The molecule has 0 saturated heterocycles.